The fraction of sp³-hybridized carbons (Fsp3) is 0.714. The van der Waals surface area contributed by atoms with Crippen LogP contribution in [0, 0.1) is 5.92 Å². The van der Waals surface area contributed by atoms with Crippen molar-refractivity contribution < 1.29 is 0 Å². The zero-order chi connectivity index (χ0) is 13.8. The van der Waals surface area contributed by atoms with E-state index in [1.165, 1.54) is 0 Å². The minimum absolute atomic E-state index is 0.479. The molecule has 1 aliphatic heterocycles. The van der Waals surface area contributed by atoms with E-state index in [9.17, 15) is 0 Å². The zero-order valence-electron chi connectivity index (χ0n) is 12.4. The van der Waals surface area contributed by atoms with Gasteiger partial charge < -0.3 is 15.1 Å². The molecule has 5 nitrogen and oxygen atoms in total. The van der Waals surface area contributed by atoms with E-state index in [0.29, 0.717) is 12.0 Å². The van der Waals surface area contributed by atoms with Crippen LogP contribution < -0.4 is 15.1 Å². The standard InChI is InChI=1S/C14H25N5/c1-11(2)9-18(4)13-7-14(17-10-16-13)19-6-5-15-8-12(19)3/h7,10-12,15H,5-6,8-9H2,1-4H3. The summed E-state index contributed by atoms with van der Waals surface area (Å²) in [5, 5.41) is 3.40. The minimum Gasteiger partial charge on any atom is -0.359 e. The highest BCUT2D eigenvalue weighted by molar-refractivity contribution is 5.50. The molecule has 1 unspecified atom stereocenters. The lowest BCUT2D eigenvalue weighted by molar-refractivity contribution is 0.497. The van der Waals surface area contributed by atoms with Gasteiger partial charge in [0.05, 0.1) is 0 Å². The zero-order valence-corrected chi connectivity index (χ0v) is 12.4. The van der Waals surface area contributed by atoms with Crippen molar-refractivity contribution >= 4 is 11.6 Å². The lowest BCUT2D eigenvalue weighted by Gasteiger charge is -2.35. The Balaban J connectivity index is 2.14. The molecule has 1 aromatic rings. The minimum atomic E-state index is 0.479. The number of rotatable bonds is 4. The summed E-state index contributed by atoms with van der Waals surface area (Å²) in [6, 6.07) is 2.58. The highest BCUT2D eigenvalue weighted by Gasteiger charge is 2.20. The molecule has 1 aromatic heterocycles. The first-order chi connectivity index (χ1) is 9.08. The molecule has 0 radical (unpaired) electrons. The normalized spacial score (nSPS) is 19.8. The average molecular weight is 263 g/mol. The van der Waals surface area contributed by atoms with Crippen LogP contribution in [0.25, 0.3) is 0 Å². The van der Waals surface area contributed by atoms with Gasteiger partial charge in [-0.2, -0.15) is 0 Å². The van der Waals surface area contributed by atoms with Crippen molar-refractivity contribution in [2.45, 2.75) is 26.8 Å². The molecule has 1 aliphatic rings. The molecule has 2 heterocycles. The Bertz CT molecular complexity index is 407. The van der Waals surface area contributed by atoms with Crippen molar-refractivity contribution in [3.63, 3.8) is 0 Å². The van der Waals surface area contributed by atoms with Gasteiger partial charge in [-0.15, -0.1) is 0 Å². The van der Waals surface area contributed by atoms with E-state index in [4.69, 9.17) is 0 Å². The molecule has 0 bridgehead atoms. The van der Waals surface area contributed by atoms with E-state index in [0.717, 1.165) is 37.8 Å². The Morgan fingerprint density at radius 3 is 2.95 bits per heavy atom. The van der Waals surface area contributed by atoms with Crippen LogP contribution in [0.3, 0.4) is 0 Å². The van der Waals surface area contributed by atoms with Gasteiger partial charge in [-0.05, 0) is 12.8 Å². The highest BCUT2D eigenvalue weighted by Crippen LogP contribution is 2.20. The van der Waals surface area contributed by atoms with E-state index in [1.807, 2.05) is 0 Å². The molecule has 0 spiro atoms. The van der Waals surface area contributed by atoms with Gasteiger partial charge in [0, 0.05) is 45.3 Å². The topological polar surface area (TPSA) is 44.3 Å². The number of aromatic nitrogens is 2. The number of anilines is 2. The van der Waals surface area contributed by atoms with Gasteiger partial charge in [-0.1, -0.05) is 13.8 Å². The Morgan fingerprint density at radius 1 is 1.47 bits per heavy atom. The third-order valence-corrected chi connectivity index (χ3v) is 3.46. The van der Waals surface area contributed by atoms with Crippen LogP contribution in [0.4, 0.5) is 11.6 Å². The largest absolute Gasteiger partial charge is 0.359 e. The van der Waals surface area contributed by atoms with Crippen molar-refractivity contribution in [3.8, 4) is 0 Å². The SMILES string of the molecule is CC(C)CN(C)c1cc(N2CCNCC2C)ncn1. The maximum Gasteiger partial charge on any atom is 0.134 e. The van der Waals surface area contributed by atoms with Crippen LogP contribution in [0.2, 0.25) is 0 Å². The van der Waals surface area contributed by atoms with Crippen LogP contribution in [-0.4, -0.2) is 49.2 Å². The molecule has 0 aliphatic carbocycles. The van der Waals surface area contributed by atoms with Crippen molar-refractivity contribution in [1.29, 1.82) is 0 Å². The maximum absolute atomic E-state index is 4.44. The van der Waals surface area contributed by atoms with Gasteiger partial charge in [0.25, 0.3) is 0 Å². The summed E-state index contributed by atoms with van der Waals surface area (Å²) < 4.78 is 0. The lowest BCUT2D eigenvalue weighted by Crippen LogP contribution is -2.50. The van der Waals surface area contributed by atoms with Gasteiger partial charge in [-0.3, -0.25) is 0 Å². The Labute approximate surface area is 116 Å². The fourth-order valence-electron chi connectivity index (χ4n) is 2.53. The van der Waals surface area contributed by atoms with E-state index in [-0.39, 0.29) is 0 Å². The molecular weight excluding hydrogens is 238 g/mol. The van der Waals surface area contributed by atoms with Crippen molar-refractivity contribution in [1.82, 2.24) is 15.3 Å². The Kier molecular flexibility index (Phi) is 4.58. The number of nitrogens with zero attached hydrogens (tertiary/aromatic N) is 4. The molecule has 106 valence electrons. The van der Waals surface area contributed by atoms with Gasteiger partial charge in [0.2, 0.25) is 0 Å². The van der Waals surface area contributed by atoms with Crippen LogP contribution >= 0.6 is 0 Å². The second kappa shape index (κ2) is 6.19. The number of hydrogen-bond acceptors (Lipinski definition) is 5. The molecule has 2 rings (SSSR count). The first-order valence-electron chi connectivity index (χ1n) is 7.08. The van der Waals surface area contributed by atoms with E-state index in [1.54, 1.807) is 6.33 Å². The second-order valence-electron chi connectivity index (χ2n) is 5.76. The molecule has 0 saturated carbocycles. The molecule has 1 fully saturated rings. The molecule has 19 heavy (non-hydrogen) atoms. The van der Waals surface area contributed by atoms with Crippen molar-refractivity contribution in [3.05, 3.63) is 12.4 Å². The van der Waals surface area contributed by atoms with Gasteiger partial charge in [-0.25, -0.2) is 9.97 Å². The molecule has 1 saturated heterocycles. The third-order valence-electron chi connectivity index (χ3n) is 3.46. The lowest BCUT2D eigenvalue weighted by atomic mass is 10.2. The quantitative estimate of drug-likeness (QED) is 0.889. The molecular formula is C14H25N5. The van der Waals surface area contributed by atoms with Gasteiger partial charge >= 0.3 is 0 Å². The van der Waals surface area contributed by atoms with Crippen LogP contribution in [0.5, 0.6) is 0 Å². The van der Waals surface area contributed by atoms with E-state index in [2.05, 4.69) is 59.0 Å². The monoisotopic (exact) mass is 263 g/mol. The second-order valence-corrected chi connectivity index (χ2v) is 5.76. The smallest absolute Gasteiger partial charge is 0.134 e. The van der Waals surface area contributed by atoms with Crippen LogP contribution in [-0.2, 0) is 0 Å². The van der Waals surface area contributed by atoms with E-state index < -0.39 is 0 Å². The molecule has 5 heteroatoms. The summed E-state index contributed by atoms with van der Waals surface area (Å²) in [5.41, 5.74) is 0. The number of hydrogen-bond donors (Lipinski definition) is 1. The van der Waals surface area contributed by atoms with Gasteiger partial charge in [0.1, 0.15) is 18.0 Å². The first kappa shape index (κ1) is 14.1. The molecule has 0 amide bonds. The maximum atomic E-state index is 4.44. The average Bonchev–Trinajstić information content (AvgIpc) is 2.38. The first-order valence-corrected chi connectivity index (χ1v) is 7.08. The summed E-state index contributed by atoms with van der Waals surface area (Å²) in [4.78, 5) is 13.4. The molecule has 1 atom stereocenters. The number of piperazine rings is 1. The van der Waals surface area contributed by atoms with Crippen LogP contribution in [0.1, 0.15) is 20.8 Å². The molecule has 0 aromatic carbocycles. The van der Waals surface area contributed by atoms with E-state index >= 15 is 0 Å². The van der Waals surface area contributed by atoms with Gasteiger partial charge in [0.15, 0.2) is 0 Å². The summed E-state index contributed by atoms with van der Waals surface area (Å²) in [5.74, 6) is 2.67. The summed E-state index contributed by atoms with van der Waals surface area (Å²) in [6.07, 6.45) is 1.68. The fourth-order valence-corrected chi connectivity index (χ4v) is 2.53. The van der Waals surface area contributed by atoms with Crippen LogP contribution in [0.15, 0.2) is 12.4 Å². The number of nitrogens with one attached hydrogen (secondary N) is 1. The Morgan fingerprint density at radius 2 is 2.26 bits per heavy atom. The van der Waals surface area contributed by atoms with Crippen molar-refractivity contribution in [2.75, 3.05) is 43.0 Å². The summed E-state index contributed by atoms with van der Waals surface area (Å²) >= 11 is 0. The molecule has 1 N–H and O–H groups in total. The predicted molar refractivity (Wildman–Crippen MR) is 79.8 cm³/mol. The van der Waals surface area contributed by atoms with Crippen molar-refractivity contribution in [2.24, 2.45) is 5.92 Å². The summed E-state index contributed by atoms with van der Waals surface area (Å²) in [7, 11) is 2.09. The summed E-state index contributed by atoms with van der Waals surface area (Å²) in [6.45, 7) is 10.7. The highest BCUT2D eigenvalue weighted by atomic mass is 15.3. The predicted octanol–water partition coefficient (Wildman–Crippen LogP) is 1.37. The third kappa shape index (κ3) is 3.56. The Hall–Kier alpha value is -1.36.